The molecule has 24 heavy (non-hydrogen) atoms. The average Bonchev–Trinajstić information content (AvgIpc) is 2.85. The number of hydrazine groups is 1. The Morgan fingerprint density at radius 2 is 1.71 bits per heavy atom. The molecule has 1 saturated heterocycles. The molecule has 1 fully saturated rings. The summed E-state index contributed by atoms with van der Waals surface area (Å²) < 4.78 is 0. The molecular weight excluding hydrogens is 306 g/mol. The fourth-order valence-electron chi connectivity index (χ4n) is 2.35. The minimum Gasteiger partial charge on any atom is -0.326 e. The van der Waals surface area contributed by atoms with Gasteiger partial charge in [0.05, 0.1) is 5.69 Å². The lowest BCUT2D eigenvalue weighted by molar-refractivity contribution is -0.117. The Bertz CT molecular complexity index is 826. The first-order chi connectivity index (χ1) is 11.5. The monoisotopic (exact) mass is 321 g/mol. The van der Waals surface area contributed by atoms with Gasteiger partial charge in [-0.05, 0) is 35.9 Å². The number of nitrogens with zero attached hydrogens (tertiary/aromatic N) is 1. The summed E-state index contributed by atoms with van der Waals surface area (Å²) in [4.78, 5) is 35.5. The summed E-state index contributed by atoms with van der Waals surface area (Å²) in [6.07, 6.45) is 1.53. The number of hydrogen-bond acceptors (Lipinski definition) is 3. The van der Waals surface area contributed by atoms with Gasteiger partial charge in [-0.1, -0.05) is 30.3 Å². The van der Waals surface area contributed by atoms with Crippen LogP contribution in [0.2, 0.25) is 0 Å². The van der Waals surface area contributed by atoms with E-state index in [1.165, 1.54) is 18.0 Å². The van der Waals surface area contributed by atoms with Gasteiger partial charge in [0.1, 0.15) is 5.57 Å². The normalized spacial score (nSPS) is 15.5. The molecule has 3 rings (SSSR count). The van der Waals surface area contributed by atoms with E-state index in [4.69, 9.17) is 0 Å². The highest BCUT2D eigenvalue weighted by molar-refractivity contribution is 6.31. The van der Waals surface area contributed by atoms with Crippen molar-refractivity contribution < 1.29 is 14.4 Å². The zero-order valence-electron chi connectivity index (χ0n) is 12.9. The standard InChI is InChI=1S/C18H15N3O3/c1-12(22)19-14-9-7-13(8-10-14)11-16-17(23)20-21(18(16)24)15-5-3-2-4-6-15/h2-11H,1H3,(H,19,22)(H,20,23)/b16-11-. The van der Waals surface area contributed by atoms with Crippen LogP contribution < -0.4 is 15.8 Å². The number of nitrogens with one attached hydrogen (secondary N) is 2. The smallest absolute Gasteiger partial charge is 0.282 e. The van der Waals surface area contributed by atoms with E-state index in [1.54, 1.807) is 48.5 Å². The average molecular weight is 321 g/mol. The lowest BCUT2D eigenvalue weighted by atomic mass is 10.1. The molecule has 0 spiro atoms. The van der Waals surface area contributed by atoms with E-state index in [0.717, 1.165) is 0 Å². The number of hydrogen-bond donors (Lipinski definition) is 2. The molecule has 0 unspecified atom stereocenters. The van der Waals surface area contributed by atoms with Gasteiger partial charge in [0, 0.05) is 12.6 Å². The van der Waals surface area contributed by atoms with E-state index in [1.807, 2.05) is 6.07 Å². The molecule has 3 amide bonds. The summed E-state index contributed by atoms with van der Waals surface area (Å²) in [7, 11) is 0. The fourth-order valence-corrected chi connectivity index (χ4v) is 2.35. The van der Waals surface area contributed by atoms with Crippen LogP contribution in [0.1, 0.15) is 12.5 Å². The largest absolute Gasteiger partial charge is 0.326 e. The number of amides is 3. The topological polar surface area (TPSA) is 78.5 Å². The third kappa shape index (κ3) is 3.17. The molecular formula is C18H15N3O3. The molecule has 2 aromatic carbocycles. The molecule has 1 heterocycles. The molecule has 2 aromatic rings. The Hall–Kier alpha value is -3.41. The van der Waals surface area contributed by atoms with Gasteiger partial charge in [-0.25, -0.2) is 5.01 Å². The Morgan fingerprint density at radius 3 is 2.33 bits per heavy atom. The van der Waals surface area contributed by atoms with Crippen molar-refractivity contribution in [2.45, 2.75) is 6.92 Å². The number of carbonyl (C=O) groups is 3. The molecule has 0 atom stereocenters. The summed E-state index contributed by atoms with van der Waals surface area (Å²) in [5.41, 5.74) is 4.55. The fraction of sp³-hybridized carbons (Fsp3) is 0.0556. The van der Waals surface area contributed by atoms with Crippen molar-refractivity contribution in [3.8, 4) is 0 Å². The molecule has 2 N–H and O–H groups in total. The van der Waals surface area contributed by atoms with Crippen molar-refractivity contribution >= 4 is 35.2 Å². The summed E-state index contributed by atoms with van der Waals surface area (Å²) in [6.45, 7) is 1.43. The van der Waals surface area contributed by atoms with E-state index in [2.05, 4.69) is 10.7 Å². The van der Waals surface area contributed by atoms with Gasteiger partial charge in [0.2, 0.25) is 5.91 Å². The predicted octanol–water partition coefficient (Wildman–Crippen LogP) is 2.11. The van der Waals surface area contributed by atoms with Crippen LogP contribution in [0, 0.1) is 0 Å². The first kappa shape index (κ1) is 15.5. The van der Waals surface area contributed by atoms with E-state index in [-0.39, 0.29) is 11.5 Å². The number of para-hydroxylation sites is 1. The molecule has 1 aliphatic rings. The highest BCUT2D eigenvalue weighted by Crippen LogP contribution is 2.21. The molecule has 0 saturated carbocycles. The quantitative estimate of drug-likeness (QED) is 0.671. The second kappa shape index (κ2) is 6.37. The molecule has 1 aliphatic heterocycles. The first-order valence-corrected chi connectivity index (χ1v) is 7.34. The van der Waals surface area contributed by atoms with Crippen LogP contribution in [0.15, 0.2) is 60.2 Å². The maximum atomic E-state index is 12.5. The van der Waals surface area contributed by atoms with E-state index >= 15 is 0 Å². The van der Waals surface area contributed by atoms with Gasteiger partial charge < -0.3 is 5.32 Å². The van der Waals surface area contributed by atoms with Gasteiger partial charge in [-0.15, -0.1) is 0 Å². The van der Waals surface area contributed by atoms with Crippen molar-refractivity contribution in [2.75, 3.05) is 10.3 Å². The Morgan fingerprint density at radius 1 is 1.04 bits per heavy atom. The Labute approximate surface area is 138 Å². The molecule has 6 heteroatoms. The van der Waals surface area contributed by atoms with Crippen LogP contribution in [0.3, 0.4) is 0 Å². The van der Waals surface area contributed by atoms with Gasteiger partial charge in [-0.3, -0.25) is 19.8 Å². The van der Waals surface area contributed by atoms with Gasteiger partial charge >= 0.3 is 0 Å². The van der Waals surface area contributed by atoms with Gasteiger partial charge in [-0.2, -0.15) is 0 Å². The lowest BCUT2D eigenvalue weighted by Gasteiger charge is -2.13. The van der Waals surface area contributed by atoms with Gasteiger partial charge in [0.25, 0.3) is 11.8 Å². The molecule has 6 nitrogen and oxygen atoms in total. The minimum absolute atomic E-state index is 0.0612. The van der Waals surface area contributed by atoms with Crippen molar-refractivity contribution in [2.24, 2.45) is 0 Å². The van der Waals surface area contributed by atoms with Crippen LogP contribution in [-0.4, -0.2) is 17.7 Å². The summed E-state index contributed by atoms with van der Waals surface area (Å²) in [5.74, 6) is -1.02. The second-order valence-electron chi connectivity index (χ2n) is 5.28. The summed E-state index contributed by atoms with van der Waals surface area (Å²) >= 11 is 0. The molecule has 0 bridgehead atoms. The highest BCUT2D eigenvalue weighted by Gasteiger charge is 2.34. The van der Waals surface area contributed by atoms with E-state index in [0.29, 0.717) is 16.9 Å². The lowest BCUT2D eigenvalue weighted by Crippen LogP contribution is -2.35. The van der Waals surface area contributed by atoms with Crippen LogP contribution in [0.4, 0.5) is 11.4 Å². The van der Waals surface area contributed by atoms with E-state index in [9.17, 15) is 14.4 Å². The van der Waals surface area contributed by atoms with Crippen molar-refractivity contribution in [1.82, 2.24) is 5.43 Å². The second-order valence-corrected chi connectivity index (χ2v) is 5.28. The number of carbonyl (C=O) groups excluding carboxylic acids is 3. The third-order valence-corrected chi connectivity index (χ3v) is 3.45. The highest BCUT2D eigenvalue weighted by atomic mass is 16.2. The molecule has 0 radical (unpaired) electrons. The van der Waals surface area contributed by atoms with Crippen LogP contribution in [0.25, 0.3) is 6.08 Å². The molecule has 0 aromatic heterocycles. The van der Waals surface area contributed by atoms with Crippen molar-refractivity contribution in [3.05, 3.63) is 65.7 Å². The Balaban J connectivity index is 1.83. The number of benzene rings is 2. The maximum absolute atomic E-state index is 12.5. The van der Waals surface area contributed by atoms with Crippen molar-refractivity contribution in [1.29, 1.82) is 0 Å². The molecule has 0 aliphatic carbocycles. The van der Waals surface area contributed by atoms with Crippen LogP contribution in [-0.2, 0) is 14.4 Å². The van der Waals surface area contributed by atoms with E-state index < -0.39 is 11.8 Å². The van der Waals surface area contributed by atoms with Crippen molar-refractivity contribution in [3.63, 3.8) is 0 Å². The predicted molar refractivity (Wildman–Crippen MR) is 90.8 cm³/mol. The first-order valence-electron chi connectivity index (χ1n) is 7.34. The number of rotatable bonds is 3. The maximum Gasteiger partial charge on any atom is 0.282 e. The molecule has 120 valence electrons. The SMILES string of the molecule is CC(=O)Nc1ccc(/C=C2/C(=O)NN(c3ccccc3)C2=O)cc1. The van der Waals surface area contributed by atoms with Gasteiger partial charge in [0.15, 0.2) is 0 Å². The third-order valence-electron chi connectivity index (χ3n) is 3.45. The Kier molecular flexibility index (Phi) is 4.11. The minimum atomic E-state index is -0.449. The summed E-state index contributed by atoms with van der Waals surface area (Å²) in [6, 6.07) is 15.8. The number of anilines is 2. The zero-order chi connectivity index (χ0) is 17.1. The van der Waals surface area contributed by atoms with Crippen LogP contribution >= 0.6 is 0 Å². The van der Waals surface area contributed by atoms with Crippen LogP contribution in [0.5, 0.6) is 0 Å². The zero-order valence-corrected chi connectivity index (χ0v) is 12.9. The summed E-state index contributed by atoms with van der Waals surface area (Å²) in [5, 5.41) is 3.88.